The number of allylic oxidation sites excluding steroid dienone is 1. The molecule has 3 heteroatoms. The van der Waals surface area contributed by atoms with Gasteiger partial charge in [-0.25, -0.2) is 0 Å². The van der Waals surface area contributed by atoms with E-state index in [4.69, 9.17) is 9.84 Å². The predicted octanol–water partition coefficient (Wildman–Crippen LogP) is 2.61. The third-order valence-corrected chi connectivity index (χ3v) is 2.30. The first-order chi connectivity index (χ1) is 9.60. The minimum atomic E-state index is -0.888. The van der Waals surface area contributed by atoms with Crippen molar-refractivity contribution in [2.45, 2.75) is 51.7 Å². The Morgan fingerprint density at radius 2 is 2.05 bits per heavy atom. The van der Waals surface area contributed by atoms with Crippen molar-refractivity contribution in [2.75, 3.05) is 0 Å². The zero-order valence-electron chi connectivity index (χ0n) is 12.2. The number of hydrogen-bond acceptors (Lipinski definition) is 3. The van der Waals surface area contributed by atoms with Crippen LogP contribution in [0, 0.1) is 23.7 Å². The molecule has 0 rings (SSSR count). The van der Waals surface area contributed by atoms with Gasteiger partial charge in [-0.05, 0) is 36.7 Å². The predicted molar refractivity (Wildman–Crippen MR) is 80.6 cm³/mol. The van der Waals surface area contributed by atoms with E-state index in [-0.39, 0.29) is 5.97 Å². The van der Waals surface area contributed by atoms with E-state index in [1.54, 1.807) is 6.08 Å². The summed E-state index contributed by atoms with van der Waals surface area (Å²) in [5.74, 6) is 9.86. The molecule has 0 bridgehead atoms. The van der Waals surface area contributed by atoms with E-state index >= 15 is 0 Å². The summed E-state index contributed by atoms with van der Waals surface area (Å²) >= 11 is 0. The summed E-state index contributed by atoms with van der Waals surface area (Å²) in [6.07, 6.45) is 7.95. The average Bonchev–Trinajstić information content (AvgIpc) is 2.42. The number of aliphatic hydroxyl groups excluding tert-OH is 1. The molecule has 0 saturated heterocycles. The molecular formula is C17H22O3. The Kier molecular flexibility index (Phi) is 10.9. The Bertz CT molecular complexity index is 440. The number of ether oxygens (including phenoxy) is 1. The van der Waals surface area contributed by atoms with Crippen molar-refractivity contribution in [3.8, 4) is 23.7 Å². The molecule has 0 aliphatic heterocycles. The maximum Gasteiger partial charge on any atom is 0.304 e. The molecule has 2 atom stereocenters. The van der Waals surface area contributed by atoms with Gasteiger partial charge in [0, 0.05) is 6.92 Å². The van der Waals surface area contributed by atoms with Gasteiger partial charge in [0.1, 0.15) is 6.10 Å². The third kappa shape index (κ3) is 11.1. The van der Waals surface area contributed by atoms with Crippen molar-refractivity contribution in [2.24, 2.45) is 0 Å². The van der Waals surface area contributed by atoms with Crippen LogP contribution >= 0.6 is 0 Å². The van der Waals surface area contributed by atoms with E-state index in [1.807, 2.05) is 6.08 Å². The average molecular weight is 274 g/mol. The highest BCUT2D eigenvalue weighted by Gasteiger charge is 2.02. The Morgan fingerprint density at radius 3 is 2.65 bits per heavy atom. The van der Waals surface area contributed by atoms with Crippen LogP contribution in [0.25, 0.3) is 0 Å². The van der Waals surface area contributed by atoms with Crippen LogP contribution < -0.4 is 0 Å². The fourth-order valence-corrected chi connectivity index (χ4v) is 1.30. The number of rotatable bonds is 7. The van der Waals surface area contributed by atoms with Gasteiger partial charge in [-0.15, -0.1) is 0 Å². The summed E-state index contributed by atoms with van der Waals surface area (Å²) in [7, 11) is 0. The van der Waals surface area contributed by atoms with Crippen LogP contribution in [0.4, 0.5) is 0 Å². The molecule has 0 spiro atoms. The molecule has 0 fully saturated rings. The van der Waals surface area contributed by atoms with Crippen molar-refractivity contribution < 1.29 is 14.6 Å². The lowest BCUT2D eigenvalue weighted by Crippen LogP contribution is -2.11. The fraction of sp³-hybridized carbons (Fsp3) is 0.471. The van der Waals surface area contributed by atoms with Crippen LogP contribution in [-0.2, 0) is 9.53 Å². The van der Waals surface area contributed by atoms with Crippen LogP contribution in [-0.4, -0.2) is 23.3 Å². The van der Waals surface area contributed by atoms with E-state index in [9.17, 15) is 4.79 Å². The van der Waals surface area contributed by atoms with Crippen LogP contribution in [0.5, 0.6) is 0 Å². The van der Waals surface area contributed by atoms with Gasteiger partial charge in [-0.1, -0.05) is 44.4 Å². The Balaban J connectivity index is 4.47. The lowest BCUT2D eigenvalue weighted by atomic mass is 10.2. The third-order valence-electron chi connectivity index (χ3n) is 2.30. The molecule has 0 aromatic carbocycles. The Labute approximate surface area is 121 Å². The molecule has 3 nitrogen and oxygen atoms in total. The summed E-state index contributed by atoms with van der Waals surface area (Å²) < 4.78 is 5.04. The van der Waals surface area contributed by atoms with Crippen molar-refractivity contribution in [3.63, 3.8) is 0 Å². The van der Waals surface area contributed by atoms with E-state index in [2.05, 4.69) is 37.2 Å². The van der Waals surface area contributed by atoms with Gasteiger partial charge in [0.25, 0.3) is 0 Å². The first kappa shape index (κ1) is 18.0. The zero-order chi connectivity index (χ0) is 15.2. The topological polar surface area (TPSA) is 46.5 Å². The molecule has 0 saturated carbocycles. The first-order valence-electron chi connectivity index (χ1n) is 6.75. The van der Waals surface area contributed by atoms with Gasteiger partial charge < -0.3 is 9.84 Å². The summed E-state index contributed by atoms with van der Waals surface area (Å²) in [6.45, 7) is 6.88. The highest BCUT2D eigenvalue weighted by Crippen LogP contribution is 2.02. The van der Waals surface area contributed by atoms with Gasteiger partial charge in [0.2, 0.25) is 0 Å². The van der Waals surface area contributed by atoms with Crippen molar-refractivity contribution >= 4 is 5.97 Å². The summed E-state index contributed by atoms with van der Waals surface area (Å²) in [5, 5.41) is 9.13. The maximum atomic E-state index is 11.0. The lowest BCUT2D eigenvalue weighted by molar-refractivity contribution is -0.142. The van der Waals surface area contributed by atoms with Crippen LogP contribution in [0.2, 0.25) is 0 Å². The number of carbonyl (C=O) groups is 1. The normalized spacial score (nSPS) is 12.6. The Morgan fingerprint density at radius 1 is 1.35 bits per heavy atom. The van der Waals surface area contributed by atoms with Crippen LogP contribution in [0.1, 0.15) is 39.5 Å². The lowest BCUT2D eigenvalue weighted by Gasteiger charge is -2.05. The maximum absolute atomic E-state index is 11.0. The summed E-state index contributed by atoms with van der Waals surface area (Å²) in [4.78, 5) is 11.0. The molecule has 0 radical (unpaired) electrons. The van der Waals surface area contributed by atoms with Gasteiger partial charge in [-0.2, -0.15) is 0 Å². The standard InChI is InChI=1S/C17H22O3/c1-4-6-7-8-9-13-17(20-15(3)18)14-11-10-12-16(19)5-2/h5,9,13,16-17,19H,2,4,6-8H2,1,3H3/b13-9+/t16-,17-/m1/s1. The van der Waals surface area contributed by atoms with E-state index in [0.717, 1.165) is 12.8 Å². The van der Waals surface area contributed by atoms with Gasteiger partial charge in [0.05, 0.1) is 0 Å². The second-order valence-corrected chi connectivity index (χ2v) is 4.17. The number of unbranched alkanes of at least 4 members (excludes halogenated alkanes) is 3. The first-order valence-corrected chi connectivity index (χ1v) is 6.75. The van der Waals surface area contributed by atoms with Gasteiger partial charge in [-0.3, -0.25) is 4.79 Å². The number of esters is 1. The molecule has 0 aliphatic carbocycles. The van der Waals surface area contributed by atoms with Gasteiger partial charge >= 0.3 is 5.97 Å². The zero-order valence-corrected chi connectivity index (χ0v) is 12.2. The molecule has 0 amide bonds. The van der Waals surface area contributed by atoms with Crippen molar-refractivity contribution in [1.82, 2.24) is 0 Å². The van der Waals surface area contributed by atoms with Crippen LogP contribution in [0.3, 0.4) is 0 Å². The SMILES string of the molecule is C=C[C@@H](O)C#CC#C[C@@H](/C=C/CCCCC)OC(C)=O. The smallest absolute Gasteiger partial charge is 0.304 e. The second-order valence-electron chi connectivity index (χ2n) is 4.17. The van der Waals surface area contributed by atoms with Crippen molar-refractivity contribution in [3.05, 3.63) is 24.8 Å². The summed E-state index contributed by atoms with van der Waals surface area (Å²) in [5.41, 5.74) is 0. The van der Waals surface area contributed by atoms with Gasteiger partial charge in [0.15, 0.2) is 6.10 Å². The largest absolute Gasteiger partial charge is 0.445 e. The molecule has 1 N–H and O–H groups in total. The number of hydrogen-bond donors (Lipinski definition) is 1. The van der Waals surface area contributed by atoms with E-state index < -0.39 is 12.2 Å². The van der Waals surface area contributed by atoms with E-state index in [1.165, 1.54) is 25.8 Å². The number of aliphatic hydroxyl groups is 1. The van der Waals surface area contributed by atoms with E-state index in [0.29, 0.717) is 0 Å². The molecule has 0 aliphatic rings. The molecule has 0 aromatic rings. The minimum Gasteiger partial charge on any atom is -0.445 e. The molecule has 108 valence electrons. The Hall–Kier alpha value is -1.97. The quantitative estimate of drug-likeness (QED) is 0.336. The number of carbonyl (C=O) groups excluding carboxylic acids is 1. The molecular weight excluding hydrogens is 252 g/mol. The minimum absolute atomic E-state index is 0.387. The highest BCUT2D eigenvalue weighted by molar-refractivity contribution is 5.66. The highest BCUT2D eigenvalue weighted by atomic mass is 16.5. The molecule has 0 unspecified atom stereocenters. The van der Waals surface area contributed by atoms with Crippen LogP contribution in [0.15, 0.2) is 24.8 Å². The van der Waals surface area contributed by atoms with Crippen molar-refractivity contribution in [1.29, 1.82) is 0 Å². The molecule has 0 heterocycles. The monoisotopic (exact) mass is 274 g/mol. The molecule has 0 aromatic heterocycles. The summed E-state index contributed by atoms with van der Waals surface area (Å²) in [6, 6.07) is 0. The second kappa shape index (κ2) is 12.1. The fourth-order valence-electron chi connectivity index (χ4n) is 1.30. The molecule has 20 heavy (non-hydrogen) atoms.